The fourth-order valence-corrected chi connectivity index (χ4v) is 2.52. The molecule has 0 spiro atoms. The van der Waals surface area contributed by atoms with Crippen LogP contribution >= 0.6 is 0 Å². The van der Waals surface area contributed by atoms with Crippen molar-refractivity contribution in [3.63, 3.8) is 0 Å². The van der Waals surface area contributed by atoms with Crippen LogP contribution in [0.5, 0.6) is 0 Å². The average Bonchev–Trinajstić information content (AvgIpc) is 2.45. The summed E-state index contributed by atoms with van der Waals surface area (Å²) in [6.07, 6.45) is 0.642. The zero-order valence-electron chi connectivity index (χ0n) is 10.1. The third-order valence-corrected chi connectivity index (χ3v) is 3.38. The predicted octanol–water partition coefficient (Wildman–Crippen LogP) is 2.54. The molecular weight excluding hydrogens is 174 g/mol. The zero-order valence-corrected chi connectivity index (χ0v) is 10.1. The van der Waals surface area contributed by atoms with Crippen molar-refractivity contribution in [2.24, 2.45) is 17.3 Å². The Morgan fingerprint density at radius 3 is 2.29 bits per heavy atom. The smallest absolute Gasteiger partial charge is 0.222 e. The standard InChI is InChI=1S/C12H23NO/c1-6-11(14)13-7-9(2)10(8-13)12(3,4)5/h9-10H,6-8H2,1-5H3. The summed E-state index contributed by atoms with van der Waals surface area (Å²) < 4.78 is 0. The summed E-state index contributed by atoms with van der Waals surface area (Å²) in [5, 5.41) is 0. The Kier molecular flexibility index (Phi) is 3.23. The van der Waals surface area contributed by atoms with E-state index in [1.54, 1.807) is 0 Å². The Morgan fingerprint density at radius 1 is 1.36 bits per heavy atom. The van der Waals surface area contributed by atoms with E-state index in [9.17, 15) is 4.79 Å². The molecule has 0 aromatic rings. The van der Waals surface area contributed by atoms with Crippen molar-refractivity contribution in [3.8, 4) is 0 Å². The lowest BCUT2D eigenvalue weighted by molar-refractivity contribution is -0.130. The van der Waals surface area contributed by atoms with Crippen molar-refractivity contribution in [3.05, 3.63) is 0 Å². The van der Waals surface area contributed by atoms with Crippen LogP contribution < -0.4 is 0 Å². The van der Waals surface area contributed by atoms with Crippen molar-refractivity contribution in [2.45, 2.75) is 41.0 Å². The molecule has 1 heterocycles. The van der Waals surface area contributed by atoms with Crippen molar-refractivity contribution in [1.29, 1.82) is 0 Å². The molecule has 82 valence electrons. The van der Waals surface area contributed by atoms with E-state index in [0.29, 0.717) is 29.6 Å². The number of hydrogen-bond acceptors (Lipinski definition) is 1. The second kappa shape index (κ2) is 3.92. The zero-order chi connectivity index (χ0) is 10.9. The van der Waals surface area contributed by atoms with Crippen LogP contribution in [-0.4, -0.2) is 23.9 Å². The Hall–Kier alpha value is -0.530. The molecule has 1 fully saturated rings. The highest BCUT2D eigenvalue weighted by Gasteiger charge is 2.38. The summed E-state index contributed by atoms with van der Waals surface area (Å²) in [6, 6.07) is 0. The molecule has 1 aliphatic heterocycles. The molecular formula is C12H23NO. The SMILES string of the molecule is CCC(=O)N1CC(C)C(C(C)(C)C)C1. The minimum atomic E-state index is 0.309. The topological polar surface area (TPSA) is 20.3 Å². The quantitative estimate of drug-likeness (QED) is 0.632. The van der Waals surface area contributed by atoms with Crippen LogP contribution in [0.4, 0.5) is 0 Å². The number of carbonyl (C=O) groups is 1. The van der Waals surface area contributed by atoms with Crippen molar-refractivity contribution >= 4 is 5.91 Å². The molecule has 1 saturated heterocycles. The third kappa shape index (κ3) is 2.28. The van der Waals surface area contributed by atoms with E-state index in [-0.39, 0.29) is 0 Å². The van der Waals surface area contributed by atoms with Gasteiger partial charge in [0.1, 0.15) is 0 Å². The van der Waals surface area contributed by atoms with Gasteiger partial charge in [-0.05, 0) is 17.3 Å². The summed E-state index contributed by atoms with van der Waals surface area (Å²) in [4.78, 5) is 13.6. The van der Waals surface area contributed by atoms with Crippen molar-refractivity contribution in [1.82, 2.24) is 4.90 Å². The first-order chi connectivity index (χ1) is 6.36. The van der Waals surface area contributed by atoms with Crippen LogP contribution in [0.2, 0.25) is 0 Å². The Balaban J connectivity index is 2.65. The lowest BCUT2D eigenvalue weighted by Crippen LogP contribution is -2.30. The molecule has 0 saturated carbocycles. The number of nitrogens with zero attached hydrogens (tertiary/aromatic N) is 1. The van der Waals surface area contributed by atoms with E-state index in [1.165, 1.54) is 0 Å². The molecule has 1 rings (SSSR count). The van der Waals surface area contributed by atoms with Crippen LogP contribution in [-0.2, 0) is 4.79 Å². The number of amides is 1. The predicted molar refractivity (Wildman–Crippen MR) is 59.0 cm³/mol. The van der Waals surface area contributed by atoms with E-state index in [4.69, 9.17) is 0 Å². The highest BCUT2D eigenvalue weighted by molar-refractivity contribution is 5.76. The summed E-state index contributed by atoms with van der Waals surface area (Å²) in [6.45, 7) is 12.9. The van der Waals surface area contributed by atoms with Gasteiger partial charge in [-0.3, -0.25) is 4.79 Å². The number of rotatable bonds is 1. The summed E-state index contributed by atoms with van der Waals surface area (Å²) in [5.41, 5.74) is 0.322. The van der Waals surface area contributed by atoms with Crippen LogP contribution in [0.15, 0.2) is 0 Å². The maximum absolute atomic E-state index is 11.6. The monoisotopic (exact) mass is 197 g/mol. The normalized spacial score (nSPS) is 28.2. The van der Waals surface area contributed by atoms with Gasteiger partial charge in [0.05, 0.1) is 0 Å². The number of carbonyl (C=O) groups excluding carboxylic acids is 1. The van der Waals surface area contributed by atoms with Gasteiger partial charge in [0, 0.05) is 19.5 Å². The van der Waals surface area contributed by atoms with Gasteiger partial charge in [-0.15, -0.1) is 0 Å². The fourth-order valence-electron chi connectivity index (χ4n) is 2.52. The lowest BCUT2D eigenvalue weighted by Gasteiger charge is -2.29. The average molecular weight is 197 g/mol. The Morgan fingerprint density at radius 2 is 1.93 bits per heavy atom. The van der Waals surface area contributed by atoms with Gasteiger partial charge in [-0.1, -0.05) is 34.6 Å². The van der Waals surface area contributed by atoms with Crippen molar-refractivity contribution < 1.29 is 4.79 Å². The molecule has 14 heavy (non-hydrogen) atoms. The van der Waals surface area contributed by atoms with Crippen LogP contribution in [0, 0.1) is 17.3 Å². The summed E-state index contributed by atoms with van der Waals surface area (Å²) in [5.74, 6) is 1.60. The fraction of sp³-hybridized carbons (Fsp3) is 0.917. The molecule has 1 aliphatic rings. The van der Waals surface area contributed by atoms with E-state index < -0.39 is 0 Å². The van der Waals surface area contributed by atoms with Crippen LogP contribution in [0.3, 0.4) is 0 Å². The van der Waals surface area contributed by atoms with Gasteiger partial charge in [0.2, 0.25) is 5.91 Å². The van der Waals surface area contributed by atoms with Crippen LogP contribution in [0.25, 0.3) is 0 Å². The minimum Gasteiger partial charge on any atom is -0.342 e. The number of hydrogen-bond donors (Lipinski definition) is 0. The first-order valence-electron chi connectivity index (χ1n) is 5.64. The van der Waals surface area contributed by atoms with Gasteiger partial charge in [-0.25, -0.2) is 0 Å². The highest BCUT2D eigenvalue weighted by Crippen LogP contribution is 2.37. The van der Waals surface area contributed by atoms with Gasteiger partial charge in [0.15, 0.2) is 0 Å². The minimum absolute atomic E-state index is 0.309. The molecule has 0 bridgehead atoms. The maximum atomic E-state index is 11.6. The largest absolute Gasteiger partial charge is 0.342 e. The Labute approximate surface area is 87.7 Å². The van der Waals surface area contributed by atoms with Gasteiger partial charge >= 0.3 is 0 Å². The van der Waals surface area contributed by atoms with E-state index in [0.717, 1.165) is 13.1 Å². The van der Waals surface area contributed by atoms with Crippen molar-refractivity contribution in [2.75, 3.05) is 13.1 Å². The van der Waals surface area contributed by atoms with E-state index in [1.807, 2.05) is 11.8 Å². The maximum Gasteiger partial charge on any atom is 0.222 e. The third-order valence-electron chi connectivity index (χ3n) is 3.38. The molecule has 0 aromatic carbocycles. The van der Waals surface area contributed by atoms with Crippen LogP contribution in [0.1, 0.15) is 41.0 Å². The van der Waals surface area contributed by atoms with E-state index >= 15 is 0 Å². The molecule has 2 nitrogen and oxygen atoms in total. The molecule has 0 aromatic heterocycles. The van der Waals surface area contributed by atoms with Gasteiger partial charge in [0.25, 0.3) is 0 Å². The summed E-state index contributed by atoms with van der Waals surface area (Å²) in [7, 11) is 0. The van der Waals surface area contributed by atoms with Gasteiger partial charge in [-0.2, -0.15) is 0 Å². The van der Waals surface area contributed by atoms with Gasteiger partial charge < -0.3 is 4.90 Å². The molecule has 2 atom stereocenters. The summed E-state index contributed by atoms with van der Waals surface area (Å²) >= 11 is 0. The first kappa shape index (κ1) is 11.5. The first-order valence-corrected chi connectivity index (χ1v) is 5.64. The second-order valence-electron chi connectivity index (χ2n) is 5.60. The second-order valence-corrected chi connectivity index (χ2v) is 5.60. The molecule has 0 N–H and O–H groups in total. The molecule has 1 amide bonds. The lowest BCUT2D eigenvalue weighted by atomic mass is 9.76. The molecule has 2 heteroatoms. The highest BCUT2D eigenvalue weighted by atomic mass is 16.2. The molecule has 0 radical (unpaired) electrons. The molecule has 2 unspecified atom stereocenters. The van der Waals surface area contributed by atoms with E-state index in [2.05, 4.69) is 27.7 Å². The Bertz CT molecular complexity index is 217. The molecule has 0 aliphatic carbocycles. The number of likely N-dealkylation sites (tertiary alicyclic amines) is 1.